The van der Waals surface area contributed by atoms with Crippen LogP contribution in [0.15, 0.2) is 24.5 Å². The van der Waals surface area contributed by atoms with Crippen LogP contribution in [0.4, 0.5) is 18.0 Å². The molecule has 2 N–H and O–H groups in total. The van der Waals surface area contributed by atoms with E-state index in [0.29, 0.717) is 6.20 Å². The van der Waals surface area contributed by atoms with Crippen LogP contribution >= 0.6 is 0 Å². The fourth-order valence-corrected chi connectivity index (χ4v) is 1.45. The van der Waals surface area contributed by atoms with Gasteiger partial charge >= 0.3 is 12.2 Å². The second kappa shape index (κ2) is 3.22. The van der Waals surface area contributed by atoms with Crippen molar-refractivity contribution in [2.75, 3.05) is 0 Å². The van der Waals surface area contributed by atoms with Gasteiger partial charge in [-0.25, -0.2) is 4.79 Å². The summed E-state index contributed by atoms with van der Waals surface area (Å²) in [6.07, 6.45) is -2.68. The number of hydrogen-bond donors (Lipinski definition) is 1. The number of primary amides is 1. The molecule has 0 bridgehead atoms. The Morgan fingerprint density at radius 2 is 2.12 bits per heavy atom. The van der Waals surface area contributed by atoms with Gasteiger partial charge in [-0.05, 0) is 12.1 Å². The van der Waals surface area contributed by atoms with Crippen molar-refractivity contribution in [1.82, 2.24) is 9.55 Å². The molecule has 2 aromatic heterocycles. The fraction of sp³-hybridized carbons (Fsp3) is 0.111. The van der Waals surface area contributed by atoms with Gasteiger partial charge in [-0.1, -0.05) is 0 Å². The van der Waals surface area contributed by atoms with Gasteiger partial charge in [-0.2, -0.15) is 13.2 Å². The third kappa shape index (κ3) is 1.50. The number of hydrogen-bond acceptors (Lipinski definition) is 2. The third-order valence-corrected chi connectivity index (χ3v) is 2.10. The summed E-state index contributed by atoms with van der Waals surface area (Å²) in [5.41, 5.74) is 3.76. The Hall–Kier alpha value is -2.05. The van der Waals surface area contributed by atoms with Gasteiger partial charge in [-0.15, -0.1) is 0 Å². The van der Waals surface area contributed by atoms with Gasteiger partial charge in [0, 0.05) is 12.4 Å². The predicted molar refractivity (Wildman–Crippen MR) is 49.7 cm³/mol. The van der Waals surface area contributed by atoms with Gasteiger partial charge in [0.25, 0.3) is 0 Å². The number of carbonyl (C=O) groups excluding carboxylic acids is 1. The molecule has 0 saturated heterocycles. The molecular formula is C9H6F3N3O. The van der Waals surface area contributed by atoms with Crippen molar-refractivity contribution < 1.29 is 18.0 Å². The first-order valence-electron chi connectivity index (χ1n) is 4.24. The summed E-state index contributed by atoms with van der Waals surface area (Å²) in [7, 11) is 0. The Labute approximate surface area is 87.5 Å². The molecule has 2 aromatic rings. The number of alkyl halides is 3. The number of carbonyl (C=O) groups is 1. The molecule has 0 aliphatic rings. The van der Waals surface area contributed by atoms with E-state index < -0.39 is 17.8 Å². The molecule has 84 valence electrons. The molecule has 0 fully saturated rings. The van der Waals surface area contributed by atoms with E-state index in [-0.39, 0.29) is 11.0 Å². The minimum Gasteiger partial charge on any atom is -0.351 e. The second-order valence-electron chi connectivity index (χ2n) is 3.12. The van der Waals surface area contributed by atoms with Crippen LogP contribution in [0.3, 0.4) is 0 Å². The summed E-state index contributed by atoms with van der Waals surface area (Å²) < 4.78 is 38.5. The average molecular weight is 229 g/mol. The highest BCUT2D eigenvalue weighted by molar-refractivity contribution is 5.91. The molecule has 0 spiro atoms. The minimum atomic E-state index is -4.56. The Bertz CT molecular complexity index is 559. The van der Waals surface area contributed by atoms with Crippen molar-refractivity contribution in [2.24, 2.45) is 5.73 Å². The van der Waals surface area contributed by atoms with E-state index in [4.69, 9.17) is 5.73 Å². The zero-order valence-corrected chi connectivity index (χ0v) is 7.82. The lowest BCUT2D eigenvalue weighted by Crippen LogP contribution is -2.18. The fourth-order valence-electron chi connectivity index (χ4n) is 1.45. The Morgan fingerprint density at radius 3 is 2.69 bits per heavy atom. The highest BCUT2D eigenvalue weighted by Gasteiger charge is 2.35. The maximum atomic E-state index is 12.6. The summed E-state index contributed by atoms with van der Waals surface area (Å²) in [6.45, 7) is 0. The van der Waals surface area contributed by atoms with Crippen molar-refractivity contribution in [3.8, 4) is 0 Å². The molecule has 7 heteroatoms. The molecule has 0 aromatic carbocycles. The minimum absolute atomic E-state index is 0.0438. The Kier molecular flexibility index (Phi) is 2.11. The summed E-state index contributed by atoms with van der Waals surface area (Å²) in [5.74, 6) is 0. The first-order chi connectivity index (χ1) is 7.41. The third-order valence-electron chi connectivity index (χ3n) is 2.10. The summed E-state index contributed by atoms with van der Waals surface area (Å²) in [4.78, 5) is 14.5. The Morgan fingerprint density at radius 1 is 1.44 bits per heavy atom. The van der Waals surface area contributed by atoms with Crippen LogP contribution in [0.5, 0.6) is 0 Å². The zero-order valence-electron chi connectivity index (χ0n) is 7.82. The lowest BCUT2D eigenvalue weighted by atomic mass is 10.2. The molecule has 2 rings (SSSR count). The monoisotopic (exact) mass is 229 g/mol. The molecule has 0 saturated carbocycles. The van der Waals surface area contributed by atoms with Gasteiger partial charge in [-0.3, -0.25) is 9.55 Å². The maximum Gasteiger partial charge on any atom is 0.419 e. The molecule has 0 atom stereocenters. The van der Waals surface area contributed by atoms with E-state index in [1.807, 2.05) is 0 Å². The quantitative estimate of drug-likeness (QED) is 0.750. The van der Waals surface area contributed by atoms with Gasteiger partial charge in [0.15, 0.2) is 0 Å². The molecule has 0 unspecified atom stereocenters. The van der Waals surface area contributed by atoms with Crippen molar-refractivity contribution >= 4 is 17.1 Å². The van der Waals surface area contributed by atoms with Crippen molar-refractivity contribution in [1.29, 1.82) is 0 Å². The molecular weight excluding hydrogens is 223 g/mol. The average Bonchev–Trinajstić information content (AvgIpc) is 2.56. The van der Waals surface area contributed by atoms with Crippen molar-refractivity contribution in [3.63, 3.8) is 0 Å². The van der Waals surface area contributed by atoms with Crippen LogP contribution in [0.25, 0.3) is 11.0 Å². The van der Waals surface area contributed by atoms with Crippen LogP contribution in [0, 0.1) is 0 Å². The molecule has 0 aliphatic heterocycles. The topological polar surface area (TPSA) is 60.9 Å². The van der Waals surface area contributed by atoms with Crippen molar-refractivity contribution in [2.45, 2.75) is 6.18 Å². The lowest BCUT2D eigenvalue weighted by molar-refractivity contribution is -0.136. The van der Waals surface area contributed by atoms with Crippen LogP contribution in [-0.2, 0) is 6.18 Å². The van der Waals surface area contributed by atoms with Gasteiger partial charge in [0.1, 0.15) is 11.1 Å². The van der Waals surface area contributed by atoms with Crippen LogP contribution < -0.4 is 5.73 Å². The second-order valence-corrected chi connectivity index (χ2v) is 3.12. The number of fused-ring (bicyclic) bond motifs is 1. The van der Waals surface area contributed by atoms with Gasteiger partial charge in [0.2, 0.25) is 0 Å². The molecule has 4 nitrogen and oxygen atoms in total. The van der Waals surface area contributed by atoms with E-state index in [9.17, 15) is 18.0 Å². The van der Waals surface area contributed by atoms with E-state index in [0.717, 1.165) is 4.57 Å². The predicted octanol–water partition coefficient (Wildman–Crippen LogP) is 1.98. The first kappa shape index (κ1) is 10.5. The standard InChI is InChI=1S/C9H6F3N3O/c10-9(11,12)5-4-15(8(13)16)6-2-1-3-14-7(5)6/h1-4H,(H2,13,16). The van der Waals surface area contributed by atoms with Gasteiger partial charge < -0.3 is 5.73 Å². The number of halogens is 3. The van der Waals surface area contributed by atoms with E-state index in [2.05, 4.69) is 4.98 Å². The number of rotatable bonds is 0. The SMILES string of the molecule is NC(=O)n1cc(C(F)(F)F)c2ncccc21. The van der Waals surface area contributed by atoms with Crippen LogP contribution in [0.2, 0.25) is 0 Å². The maximum absolute atomic E-state index is 12.6. The number of nitrogens with zero attached hydrogens (tertiary/aromatic N) is 2. The molecule has 0 radical (unpaired) electrons. The molecule has 2 heterocycles. The number of amides is 1. The number of pyridine rings is 1. The Balaban J connectivity index is 2.82. The number of nitrogens with two attached hydrogens (primary N) is 1. The summed E-state index contributed by atoms with van der Waals surface area (Å²) in [5, 5.41) is 0. The zero-order chi connectivity index (χ0) is 11.9. The largest absolute Gasteiger partial charge is 0.419 e. The van der Waals surface area contributed by atoms with Crippen LogP contribution in [0.1, 0.15) is 5.56 Å². The molecule has 0 aliphatic carbocycles. The van der Waals surface area contributed by atoms with Crippen molar-refractivity contribution in [3.05, 3.63) is 30.1 Å². The van der Waals surface area contributed by atoms with Crippen LogP contribution in [-0.4, -0.2) is 15.6 Å². The molecule has 1 amide bonds. The lowest BCUT2D eigenvalue weighted by Gasteiger charge is -2.02. The summed E-state index contributed by atoms with van der Waals surface area (Å²) in [6, 6.07) is 1.80. The number of aromatic nitrogens is 2. The summed E-state index contributed by atoms with van der Waals surface area (Å²) >= 11 is 0. The highest BCUT2D eigenvalue weighted by atomic mass is 19.4. The van der Waals surface area contributed by atoms with E-state index in [1.165, 1.54) is 18.3 Å². The van der Waals surface area contributed by atoms with E-state index >= 15 is 0 Å². The van der Waals surface area contributed by atoms with E-state index in [1.54, 1.807) is 0 Å². The highest BCUT2D eigenvalue weighted by Crippen LogP contribution is 2.34. The van der Waals surface area contributed by atoms with Gasteiger partial charge in [0.05, 0.1) is 5.52 Å². The first-order valence-corrected chi connectivity index (χ1v) is 4.24. The normalized spacial score (nSPS) is 11.9. The molecule has 16 heavy (non-hydrogen) atoms. The smallest absolute Gasteiger partial charge is 0.351 e.